The summed E-state index contributed by atoms with van der Waals surface area (Å²) < 4.78 is 45.8. The molecule has 138 valence electrons. The highest BCUT2D eigenvalue weighted by molar-refractivity contribution is 14.0. The molecule has 0 aromatic carbocycles. The van der Waals surface area contributed by atoms with E-state index in [1.165, 1.54) is 6.26 Å². The molecule has 0 atom stereocenters. The average Bonchev–Trinajstić information content (AvgIpc) is 2.32. The smallest absolute Gasteiger partial charge is 0.193 e. The summed E-state index contributed by atoms with van der Waals surface area (Å²) in [7, 11) is -4.73. The summed E-state index contributed by atoms with van der Waals surface area (Å²) in [4.78, 5) is 6.01. The van der Waals surface area contributed by atoms with Gasteiger partial charge in [0.25, 0.3) is 0 Å². The molecule has 1 aliphatic heterocycles. The maximum absolute atomic E-state index is 12.0. The normalized spacial score (nSPS) is 21.5. The lowest BCUT2D eigenvalue weighted by Crippen LogP contribution is -2.58. The first-order valence-electron chi connectivity index (χ1n) is 7.11. The van der Waals surface area contributed by atoms with Gasteiger partial charge < -0.3 is 10.2 Å². The fourth-order valence-corrected chi connectivity index (χ4v) is 3.78. The van der Waals surface area contributed by atoms with Gasteiger partial charge in [0.1, 0.15) is 0 Å². The van der Waals surface area contributed by atoms with Crippen LogP contribution in [0.1, 0.15) is 27.7 Å². The summed E-state index contributed by atoms with van der Waals surface area (Å²) in [5, 5.41) is 3.05. The Morgan fingerprint density at radius 3 is 2.26 bits per heavy atom. The number of rotatable bonds is 3. The molecule has 7 nitrogen and oxygen atoms in total. The summed E-state index contributed by atoms with van der Waals surface area (Å²) in [6, 6.07) is 0. The largest absolute Gasteiger partial charge is 0.355 e. The van der Waals surface area contributed by atoms with E-state index in [2.05, 4.69) is 10.3 Å². The van der Waals surface area contributed by atoms with E-state index in [0.717, 1.165) is 0 Å². The summed E-state index contributed by atoms with van der Waals surface area (Å²) >= 11 is 0. The molecule has 1 heterocycles. The fourth-order valence-electron chi connectivity index (χ4n) is 2.08. The number of aliphatic imine (C=N–C) groups is 1. The quantitative estimate of drug-likeness (QED) is 0.359. The van der Waals surface area contributed by atoms with Crippen LogP contribution >= 0.6 is 24.0 Å². The Kier molecular flexibility index (Phi) is 7.39. The molecule has 10 heteroatoms. The molecule has 0 aliphatic carbocycles. The van der Waals surface area contributed by atoms with E-state index in [4.69, 9.17) is 0 Å². The van der Waals surface area contributed by atoms with Crippen LogP contribution in [0.25, 0.3) is 0 Å². The minimum Gasteiger partial charge on any atom is -0.355 e. The summed E-state index contributed by atoms with van der Waals surface area (Å²) in [6.45, 7) is 7.58. The Hall–Kier alpha value is -0.100. The second-order valence-electron chi connectivity index (χ2n) is 6.93. The zero-order chi connectivity index (χ0) is 17.4. The standard InChI is InChI=1S/C13H27N3O4S2.HI/c1-12(2,21(6,17)18)9-15-11(14-5)16-7-8-22(19,20)13(3,4)10-16;/h7-10H2,1-6H3,(H,14,15);1H. The molecule has 1 rings (SSSR count). The molecule has 0 saturated carbocycles. The molecule has 0 unspecified atom stereocenters. The molecule has 1 N–H and O–H groups in total. The Morgan fingerprint density at radius 1 is 1.35 bits per heavy atom. The minimum absolute atomic E-state index is 0. The van der Waals surface area contributed by atoms with Crippen molar-refractivity contribution in [2.24, 2.45) is 4.99 Å². The van der Waals surface area contributed by atoms with Crippen molar-refractivity contribution < 1.29 is 16.8 Å². The second-order valence-corrected chi connectivity index (χ2v) is 12.3. The first-order chi connectivity index (χ1) is 9.73. The van der Waals surface area contributed by atoms with Crippen LogP contribution in [0.4, 0.5) is 0 Å². The lowest BCUT2D eigenvalue weighted by atomic mass is 10.2. The topological polar surface area (TPSA) is 95.9 Å². The van der Waals surface area contributed by atoms with Crippen LogP contribution in [0.2, 0.25) is 0 Å². The van der Waals surface area contributed by atoms with Gasteiger partial charge in [0, 0.05) is 32.9 Å². The molecule has 0 bridgehead atoms. The van der Waals surface area contributed by atoms with Gasteiger partial charge in [-0.3, -0.25) is 4.99 Å². The van der Waals surface area contributed by atoms with Gasteiger partial charge in [-0.05, 0) is 27.7 Å². The molecule has 0 spiro atoms. The van der Waals surface area contributed by atoms with E-state index < -0.39 is 29.2 Å². The van der Waals surface area contributed by atoms with Crippen LogP contribution in [0, 0.1) is 0 Å². The van der Waals surface area contributed by atoms with Gasteiger partial charge in [0.15, 0.2) is 25.6 Å². The van der Waals surface area contributed by atoms with Crippen molar-refractivity contribution >= 4 is 49.6 Å². The lowest BCUT2D eigenvalue weighted by molar-refractivity contribution is 0.352. The van der Waals surface area contributed by atoms with Gasteiger partial charge in [-0.25, -0.2) is 16.8 Å². The molecule has 1 fully saturated rings. The van der Waals surface area contributed by atoms with Crippen LogP contribution in [0.3, 0.4) is 0 Å². The third-order valence-corrected chi connectivity index (χ3v) is 8.92. The number of sulfone groups is 2. The number of nitrogens with one attached hydrogen (secondary N) is 1. The van der Waals surface area contributed by atoms with E-state index in [1.54, 1.807) is 34.7 Å². The summed E-state index contributed by atoms with van der Waals surface area (Å²) in [5.74, 6) is 0.593. The minimum atomic E-state index is -3.21. The number of hydrogen-bond acceptors (Lipinski definition) is 5. The van der Waals surface area contributed by atoms with E-state index in [0.29, 0.717) is 19.0 Å². The molecule has 1 saturated heterocycles. The first kappa shape index (κ1) is 22.9. The Bertz CT molecular complexity index is 655. The first-order valence-corrected chi connectivity index (χ1v) is 10.7. The predicted octanol–water partition coefficient (Wildman–Crippen LogP) is 0.512. The zero-order valence-corrected chi connectivity index (χ0v) is 18.5. The molecule has 0 radical (unpaired) electrons. The van der Waals surface area contributed by atoms with Gasteiger partial charge in [0.2, 0.25) is 0 Å². The van der Waals surface area contributed by atoms with Crippen molar-refractivity contribution in [3.05, 3.63) is 0 Å². The highest BCUT2D eigenvalue weighted by atomic mass is 127. The Labute approximate surface area is 157 Å². The van der Waals surface area contributed by atoms with Crippen LogP contribution in [0.5, 0.6) is 0 Å². The van der Waals surface area contributed by atoms with E-state index in [-0.39, 0.29) is 36.3 Å². The fraction of sp³-hybridized carbons (Fsp3) is 0.923. The van der Waals surface area contributed by atoms with E-state index in [9.17, 15) is 16.8 Å². The van der Waals surface area contributed by atoms with Crippen molar-refractivity contribution in [3.8, 4) is 0 Å². The second kappa shape index (κ2) is 7.42. The molecule has 0 aromatic heterocycles. The van der Waals surface area contributed by atoms with Crippen molar-refractivity contribution in [2.45, 2.75) is 37.2 Å². The van der Waals surface area contributed by atoms with Gasteiger partial charge in [-0.1, -0.05) is 0 Å². The number of halogens is 1. The van der Waals surface area contributed by atoms with Gasteiger partial charge in [-0.15, -0.1) is 24.0 Å². The maximum atomic E-state index is 12.0. The monoisotopic (exact) mass is 481 g/mol. The summed E-state index contributed by atoms with van der Waals surface area (Å²) in [6.07, 6.45) is 1.20. The average molecular weight is 481 g/mol. The molecule has 0 aromatic rings. The van der Waals surface area contributed by atoms with Crippen molar-refractivity contribution in [1.82, 2.24) is 10.2 Å². The SMILES string of the molecule is CN=C(NCC(C)(C)S(C)(=O)=O)N1CCS(=O)(=O)C(C)(C)C1.I. The molecular weight excluding hydrogens is 453 g/mol. The van der Waals surface area contributed by atoms with E-state index in [1.807, 2.05) is 4.90 Å². The molecule has 23 heavy (non-hydrogen) atoms. The lowest BCUT2D eigenvalue weighted by Gasteiger charge is -2.39. The number of nitrogens with zero attached hydrogens (tertiary/aromatic N) is 2. The van der Waals surface area contributed by atoms with Crippen molar-refractivity contribution in [2.75, 3.05) is 38.7 Å². The van der Waals surface area contributed by atoms with Crippen LogP contribution in [-0.4, -0.2) is 75.9 Å². The third kappa shape index (κ3) is 5.18. The van der Waals surface area contributed by atoms with Crippen LogP contribution in [-0.2, 0) is 19.7 Å². The van der Waals surface area contributed by atoms with Crippen molar-refractivity contribution in [3.63, 3.8) is 0 Å². The van der Waals surface area contributed by atoms with Crippen molar-refractivity contribution in [1.29, 1.82) is 0 Å². The number of guanidine groups is 1. The van der Waals surface area contributed by atoms with Gasteiger partial charge in [-0.2, -0.15) is 0 Å². The Morgan fingerprint density at radius 2 is 1.87 bits per heavy atom. The van der Waals surface area contributed by atoms with E-state index >= 15 is 0 Å². The number of hydrogen-bond donors (Lipinski definition) is 1. The highest BCUT2D eigenvalue weighted by Gasteiger charge is 2.41. The molecule has 0 amide bonds. The van der Waals surface area contributed by atoms with Gasteiger partial charge >= 0.3 is 0 Å². The maximum Gasteiger partial charge on any atom is 0.193 e. The molecule has 1 aliphatic rings. The zero-order valence-electron chi connectivity index (χ0n) is 14.6. The van der Waals surface area contributed by atoms with Crippen LogP contribution < -0.4 is 5.32 Å². The Balaban J connectivity index is 0.00000484. The molecular formula is C13H28IN3O4S2. The highest BCUT2D eigenvalue weighted by Crippen LogP contribution is 2.24. The van der Waals surface area contributed by atoms with Crippen LogP contribution in [0.15, 0.2) is 4.99 Å². The predicted molar refractivity (Wildman–Crippen MR) is 105 cm³/mol. The summed E-state index contributed by atoms with van der Waals surface area (Å²) in [5.41, 5.74) is 0. The third-order valence-electron chi connectivity index (χ3n) is 4.23. The van der Waals surface area contributed by atoms with Gasteiger partial charge in [0.05, 0.1) is 15.2 Å².